The number of nitriles is 1. The maximum Gasteiger partial charge on any atom is 0.255 e. The third kappa shape index (κ3) is 8.92. The second-order valence-corrected chi connectivity index (χ2v) is 19.2. The van der Waals surface area contributed by atoms with Gasteiger partial charge in [-0.05, 0) is 79.1 Å². The zero-order valence-corrected chi connectivity index (χ0v) is 38.8. The van der Waals surface area contributed by atoms with Gasteiger partial charge in [-0.25, -0.2) is 14.5 Å². The molecule has 1 aromatic carbocycles. The van der Waals surface area contributed by atoms with Crippen molar-refractivity contribution in [2.45, 2.75) is 69.7 Å². The number of carbonyl (C=O) groups excluding carboxylic acids is 4. The molecule has 0 radical (unpaired) electrons. The third-order valence-electron chi connectivity index (χ3n) is 15.1. The molecule has 69 heavy (non-hydrogen) atoms. The number of nitrogens with zero attached hydrogens (tertiary/aromatic N) is 11. The van der Waals surface area contributed by atoms with Crippen LogP contribution in [0.4, 0.5) is 11.5 Å². The molecule has 356 valence electrons. The van der Waals surface area contributed by atoms with Crippen LogP contribution in [0.5, 0.6) is 11.6 Å². The molecule has 1 N–H and O–H groups in total. The molecule has 7 aliphatic heterocycles. The molecule has 11 heterocycles. The van der Waals surface area contributed by atoms with Gasteiger partial charge in [-0.15, -0.1) is 0 Å². The number of aromatic nitrogens is 4. The summed E-state index contributed by atoms with van der Waals surface area (Å²) < 4.78 is 13.4. The van der Waals surface area contributed by atoms with Gasteiger partial charge in [0.1, 0.15) is 23.7 Å². The van der Waals surface area contributed by atoms with Gasteiger partial charge in [0.15, 0.2) is 0 Å². The Morgan fingerprint density at radius 2 is 1.71 bits per heavy atom. The fourth-order valence-electron chi connectivity index (χ4n) is 11.1. The van der Waals surface area contributed by atoms with Crippen molar-refractivity contribution in [3.63, 3.8) is 0 Å². The Kier molecular flexibility index (Phi) is 12.1. The Bertz CT molecular complexity index is 2800. The van der Waals surface area contributed by atoms with Crippen molar-refractivity contribution < 1.29 is 28.7 Å². The number of carbonyl (C=O) groups is 4. The number of hydrogen-bond donors (Lipinski definition) is 1. The van der Waals surface area contributed by atoms with Crippen LogP contribution in [0.15, 0.2) is 73.3 Å². The number of imide groups is 1. The van der Waals surface area contributed by atoms with Crippen molar-refractivity contribution in [1.82, 2.24) is 44.5 Å². The Labute approximate surface area is 400 Å². The number of piperazine rings is 2. The zero-order chi connectivity index (χ0) is 47.2. The molecule has 7 aliphatic rings. The van der Waals surface area contributed by atoms with E-state index in [-0.39, 0.29) is 24.1 Å². The molecule has 18 heteroatoms. The lowest BCUT2D eigenvalue weighted by atomic mass is 9.87. The van der Waals surface area contributed by atoms with Crippen LogP contribution in [-0.2, 0) is 27.5 Å². The Morgan fingerprint density at radius 1 is 0.884 bits per heavy atom. The van der Waals surface area contributed by atoms with Crippen molar-refractivity contribution in [1.29, 1.82) is 5.26 Å². The summed E-state index contributed by atoms with van der Waals surface area (Å²) in [6.45, 7) is 8.97. The first kappa shape index (κ1) is 44.4. The van der Waals surface area contributed by atoms with Gasteiger partial charge in [-0.1, -0.05) is 6.07 Å². The van der Waals surface area contributed by atoms with E-state index >= 15 is 0 Å². The molecule has 1 unspecified atom stereocenters. The maximum absolute atomic E-state index is 13.4. The van der Waals surface area contributed by atoms with Crippen molar-refractivity contribution >= 4 is 40.7 Å². The van der Waals surface area contributed by atoms with E-state index in [1.54, 1.807) is 22.7 Å². The first-order valence-corrected chi connectivity index (χ1v) is 24.2. The summed E-state index contributed by atoms with van der Waals surface area (Å²) in [5, 5.41) is 16.8. The summed E-state index contributed by atoms with van der Waals surface area (Å²) in [4.78, 5) is 73.2. The van der Waals surface area contributed by atoms with Gasteiger partial charge in [-0.2, -0.15) is 10.4 Å². The summed E-state index contributed by atoms with van der Waals surface area (Å²) in [5.41, 5.74) is 6.67. The molecular weight excluding hydrogens is 877 g/mol. The second-order valence-electron chi connectivity index (χ2n) is 19.2. The molecule has 0 spiro atoms. The quantitative estimate of drug-likeness (QED) is 0.169. The number of hydrogen-bond acceptors (Lipinski definition) is 14. The van der Waals surface area contributed by atoms with Crippen LogP contribution >= 0.6 is 0 Å². The first-order valence-electron chi connectivity index (χ1n) is 24.2. The van der Waals surface area contributed by atoms with Gasteiger partial charge in [0.2, 0.25) is 23.6 Å². The predicted octanol–water partition coefficient (Wildman–Crippen LogP) is 3.73. The van der Waals surface area contributed by atoms with E-state index in [1.165, 1.54) is 12.0 Å². The summed E-state index contributed by atoms with van der Waals surface area (Å²) >= 11 is 0. The molecular formula is C51H56N12O6. The van der Waals surface area contributed by atoms with E-state index in [9.17, 15) is 24.4 Å². The molecule has 4 amide bonds. The lowest BCUT2D eigenvalue weighted by molar-refractivity contribution is -0.137. The molecule has 12 rings (SSSR count). The maximum atomic E-state index is 13.4. The Hall–Kier alpha value is -7.10. The highest BCUT2D eigenvalue weighted by Crippen LogP contribution is 2.37. The van der Waals surface area contributed by atoms with Crippen LogP contribution in [0.3, 0.4) is 0 Å². The van der Waals surface area contributed by atoms with E-state index in [2.05, 4.69) is 65.3 Å². The molecule has 2 bridgehead atoms. The van der Waals surface area contributed by atoms with Gasteiger partial charge in [0.25, 0.3) is 5.91 Å². The zero-order valence-electron chi connectivity index (χ0n) is 38.8. The van der Waals surface area contributed by atoms with Gasteiger partial charge in [-0.3, -0.25) is 34.3 Å². The predicted molar refractivity (Wildman–Crippen MR) is 254 cm³/mol. The third-order valence-corrected chi connectivity index (χ3v) is 15.1. The number of piperidine rings is 3. The second kappa shape index (κ2) is 18.8. The van der Waals surface area contributed by atoms with Crippen molar-refractivity contribution in [3.05, 3.63) is 95.6 Å². The fraction of sp³-hybridized carbons (Fsp3) is 0.451. The summed E-state index contributed by atoms with van der Waals surface area (Å²) in [6.07, 6.45) is 11.2. The molecule has 6 fully saturated rings. The minimum Gasteiger partial charge on any atom is -0.492 e. The molecule has 18 nitrogen and oxygen atoms in total. The highest BCUT2D eigenvalue weighted by Gasteiger charge is 2.45. The van der Waals surface area contributed by atoms with E-state index in [1.807, 2.05) is 47.8 Å². The van der Waals surface area contributed by atoms with Crippen LogP contribution in [0.25, 0.3) is 16.6 Å². The number of nitrogens with one attached hydrogen (secondary N) is 1. The van der Waals surface area contributed by atoms with Crippen molar-refractivity contribution in [2.75, 3.05) is 82.4 Å². The molecule has 6 saturated heterocycles. The Morgan fingerprint density at radius 3 is 2.43 bits per heavy atom. The van der Waals surface area contributed by atoms with Crippen LogP contribution in [0.1, 0.15) is 65.6 Å². The average molecular weight is 933 g/mol. The van der Waals surface area contributed by atoms with Crippen LogP contribution < -0.4 is 24.6 Å². The van der Waals surface area contributed by atoms with Crippen molar-refractivity contribution in [3.8, 4) is 28.8 Å². The number of anilines is 2. The molecule has 0 aliphatic carbocycles. The summed E-state index contributed by atoms with van der Waals surface area (Å²) in [6, 6.07) is 18.6. The van der Waals surface area contributed by atoms with Crippen LogP contribution in [-0.4, -0.2) is 154 Å². The number of benzene rings is 1. The number of ether oxygens (including phenoxy) is 2. The van der Waals surface area contributed by atoms with E-state index in [0.29, 0.717) is 86.4 Å². The topological polar surface area (TPSA) is 185 Å². The highest BCUT2D eigenvalue weighted by atomic mass is 16.5. The minimum absolute atomic E-state index is 0.165. The number of rotatable bonds is 13. The van der Waals surface area contributed by atoms with Gasteiger partial charge in [0.05, 0.1) is 37.2 Å². The lowest BCUT2D eigenvalue weighted by Gasteiger charge is -2.56. The lowest BCUT2D eigenvalue weighted by Crippen LogP contribution is -2.68. The first-order chi connectivity index (χ1) is 33.7. The van der Waals surface area contributed by atoms with E-state index in [0.717, 1.165) is 92.4 Å². The fourth-order valence-corrected chi connectivity index (χ4v) is 11.1. The van der Waals surface area contributed by atoms with Crippen LogP contribution in [0.2, 0.25) is 0 Å². The van der Waals surface area contributed by atoms with E-state index in [4.69, 9.17) is 14.5 Å². The Balaban J connectivity index is 0.638. The monoisotopic (exact) mass is 932 g/mol. The molecule has 4 aromatic heterocycles. The van der Waals surface area contributed by atoms with Gasteiger partial charge < -0.3 is 29.1 Å². The average Bonchev–Trinajstić information content (AvgIpc) is 3.96. The molecule has 0 saturated carbocycles. The summed E-state index contributed by atoms with van der Waals surface area (Å²) in [5.74, 6) is 1.85. The largest absolute Gasteiger partial charge is 0.492 e. The number of amides is 4. The number of pyridine rings is 3. The van der Waals surface area contributed by atoms with Crippen molar-refractivity contribution in [2.24, 2.45) is 5.92 Å². The highest BCUT2D eigenvalue weighted by molar-refractivity contribution is 6.05. The summed E-state index contributed by atoms with van der Waals surface area (Å²) in [7, 11) is 1.63. The number of fused-ring (bicyclic) bond motifs is 4. The standard InChI is InChI=1S/C51H56N12O6/c1-68-47-9-2-34(24-54-47)27-61-39-21-40(61)30-60(29-39)45-7-3-35(25-53-45)43-22-41(31-63-49(43)37(23-52)26-55-63)69-32-33-10-14-59(15-11-33)48(65)12-13-57-16-18-58(19-17-57)38-4-5-42-36(20-38)28-62(51(42)67)44-6-8-46(64)56-50(44)66/h2-5,7,9,20,22,24-26,31,33,39-40,44H,6,8,10-19,21,27-30,32H2,1H3,(H,56,64,66)/t39-,40+,44?. The SMILES string of the molecule is COc1ccc(CN2[C@@H]3C[C@H]2CN(c2ccc(-c4cc(OCC5CCN(C(=O)CCN6CCN(c7ccc8c(c7)CN(C7CCC(=O)NC7=O)C8=O)CC6)CC5)cn5ncc(C#N)c45)cn2)C3)cn1. The number of likely N-dealkylation sites (tertiary alicyclic amines) is 1. The number of methoxy groups -OCH3 is 1. The van der Waals surface area contributed by atoms with E-state index < -0.39 is 11.9 Å². The van der Waals surface area contributed by atoms with Crippen LogP contribution in [0, 0.1) is 17.2 Å². The van der Waals surface area contributed by atoms with Gasteiger partial charge in [0, 0.05) is 138 Å². The normalized spacial score (nSPS) is 22.1. The minimum atomic E-state index is -0.628. The molecule has 3 atom stereocenters. The van der Waals surface area contributed by atoms with Gasteiger partial charge >= 0.3 is 0 Å². The molecule has 5 aromatic rings. The smallest absolute Gasteiger partial charge is 0.255 e.